The first kappa shape index (κ1) is 32.2. The van der Waals surface area contributed by atoms with Crippen molar-refractivity contribution in [2.75, 3.05) is 17.1 Å². The maximum absolute atomic E-state index is 13.5. The van der Waals surface area contributed by atoms with Crippen LogP contribution in [0.4, 0.5) is 11.4 Å². The molecule has 5 N–H and O–H groups in total. The first-order chi connectivity index (χ1) is 20.6. The van der Waals surface area contributed by atoms with Crippen LogP contribution in [0.15, 0.2) is 84.9 Å². The number of hydrogen-bond donors (Lipinski definition) is 4. The van der Waals surface area contributed by atoms with E-state index in [0.717, 1.165) is 37.5 Å². The zero-order chi connectivity index (χ0) is 30.8. The Morgan fingerprint density at radius 3 is 2.21 bits per heavy atom. The van der Waals surface area contributed by atoms with Crippen LogP contribution in [-0.4, -0.2) is 62.4 Å². The van der Waals surface area contributed by atoms with Crippen molar-refractivity contribution in [2.45, 2.75) is 69.7 Å². The van der Waals surface area contributed by atoms with Crippen LogP contribution in [-0.2, 0) is 21.2 Å². The number of benzene rings is 3. The molecule has 43 heavy (non-hydrogen) atoms. The van der Waals surface area contributed by atoms with Crippen molar-refractivity contribution in [3.05, 3.63) is 96.1 Å². The first-order valence-electron chi connectivity index (χ1n) is 14.9. The number of carbonyl (C=O) groups is 2. The maximum Gasteiger partial charge on any atom is 0.278 e. The number of para-hydroxylation sites is 1. The van der Waals surface area contributed by atoms with Gasteiger partial charge in [-0.25, -0.2) is 12.7 Å². The van der Waals surface area contributed by atoms with Crippen molar-refractivity contribution in [2.24, 2.45) is 0 Å². The molecule has 3 atom stereocenters. The largest absolute Gasteiger partial charge is 0.385 e. The molecule has 0 aliphatic heterocycles. The van der Waals surface area contributed by atoms with Gasteiger partial charge in [-0.15, -0.1) is 0 Å². The number of anilines is 2. The summed E-state index contributed by atoms with van der Waals surface area (Å²) in [6.45, 7) is 2.04. The van der Waals surface area contributed by atoms with E-state index in [2.05, 4.69) is 10.6 Å². The number of nitrogens with two attached hydrogens (primary N) is 1. The molecule has 9 nitrogen and oxygen atoms in total. The van der Waals surface area contributed by atoms with E-state index in [1.165, 1.54) is 16.8 Å². The summed E-state index contributed by atoms with van der Waals surface area (Å²) in [7, 11) is -3.70. The van der Waals surface area contributed by atoms with Gasteiger partial charge in [-0.2, -0.15) is 0 Å². The molecular formula is C33H43N4O5S+. The van der Waals surface area contributed by atoms with Gasteiger partial charge in [0.1, 0.15) is 12.6 Å². The molecule has 2 amide bonds. The summed E-state index contributed by atoms with van der Waals surface area (Å²) in [5, 5.41) is 19.2. The number of hydrogen-bond acceptors (Lipinski definition) is 5. The monoisotopic (exact) mass is 607 g/mol. The van der Waals surface area contributed by atoms with Gasteiger partial charge in [-0.1, -0.05) is 73.9 Å². The fraction of sp³-hybridized carbons (Fsp3) is 0.394. The molecule has 0 radical (unpaired) electrons. The molecule has 0 unspecified atom stereocenters. The fourth-order valence-corrected chi connectivity index (χ4v) is 6.47. The minimum atomic E-state index is -3.70. The van der Waals surface area contributed by atoms with Crippen LogP contribution in [0.3, 0.4) is 0 Å². The van der Waals surface area contributed by atoms with Gasteiger partial charge in [0.05, 0.1) is 23.7 Å². The van der Waals surface area contributed by atoms with Gasteiger partial charge in [0.25, 0.3) is 11.8 Å². The summed E-state index contributed by atoms with van der Waals surface area (Å²) in [4.78, 5) is 26.3. The summed E-state index contributed by atoms with van der Waals surface area (Å²) in [6, 6.07) is 23.8. The average Bonchev–Trinajstić information content (AvgIpc) is 3.00. The van der Waals surface area contributed by atoms with Crippen LogP contribution < -0.4 is 20.3 Å². The minimum Gasteiger partial charge on any atom is -0.385 e. The molecule has 0 saturated heterocycles. The molecule has 3 aromatic carbocycles. The Hall–Kier alpha value is -3.73. The quantitative estimate of drug-likeness (QED) is 0.237. The zero-order valence-electron chi connectivity index (χ0n) is 24.9. The molecule has 230 valence electrons. The number of aliphatic hydroxyl groups is 1. The van der Waals surface area contributed by atoms with E-state index in [0.29, 0.717) is 17.8 Å². The maximum atomic E-state index is 13.5. The van der Waals surface area contributed by atoms with Gasteiger partial charge < -0.3 is 21.1 Å². The third-order valence-corrected chi connectivity index (χ3v) is 8.93. The molecule has 1 fully saturated rings. The second-order valence-electron chi connectivity index (χ2n) is 11.4. The Balaban J connectivity index is 1.47. The number of nitrogens with one attached hydrogen (secondary N) is 2. The van der Waals surface area contributed by atoms with E-state index in [9.17, 15) is 23.1 Å². The standard InChI is InChI=1S/C33H42N4O5S/c1-24(32(39)35-27-16-8-4-9-17-27)34-23-31(38)30(21-25-13-6-3-7-14-25)36-33(40)26-15-12-20-29(22-26)37(43(2,41)42)28-18-10-5-11-19-28/h3,5-7,10-15,18-20,22,24,27,30-31,34,38H,4,8-9,16-17,21,23H2,1-2H3,(H,35,39)(H,36,40)/p+1/t24-,30-,31+/m0/s1. The molecule has 4 rings (SSSR count). The second-order valence-corrected chi connectivity index (χ2v) is 13.2. The van der Waals surface area contributed by atoms with Crippen LogP contribution in [0.1, 0.15) is 54.9 Å². The van der Waals surface area contributed by atoms with Gasteiger partial charge in [0.2, 0.25) is 10.0 Å². The van der Waals surface area contributed by atoms with Crippen molar-refractivity contribution in [3.63, 3.8) is 0 Å². The lowest BCUT2D eigenvalue weighted by Crippen LogP contribution is -2.94. The molecule has 0 bridgehead atoms. The predicted octanol–water partition coefficient (Wildman–Crippen LogP) is 2.89. The SMILES string of the molecule is C[C@H]([NH2+]C[C@@H](O)[C@H](Cc1ccccc1)NC(=O)c1cccc(N(c2ccccc2)S(C)(=O)=O)c1)C(=O)NC1CCCCC1. The summed E-state index contributed by atoms with van der Waals surface area (Å²) in [6.07, 6.45) is 6.02. The second kappa shape index (κ2) is 15.1. The molecule has 1 aliphatic rings. The van der Waals surface area contributed by atoms with E-state index in [1.807, 2.05) is 37.3 Å². The van der Waals surface area contributed by atoms with Crippen molar-refractivity contribution in [1.82, 2.24) is 10.6 Å². The van der Waals surface area contributed by atoms with Crippen LogP contribution in [0.25, 0.3) is 0 Å². The molecular weight excluding hydrogens is 564 g/mol. The summed E-state index contributed by atoms with van der Waals surface area (Å²) >= 11 is 0. The van der Waals surface area contributed by atoms with E-state index >= 15 is 0 Å². The number of carbonyl (C=O) groups excluding carboxylic acids is 2. The van der Waals surface area contributed by atoms with Crippen molar-refractivity contribution in [3.8, 4) is 0 Å². The van der Waals surface area contributed by atoms with Gasteiger partial charge >= 0.3 is 0 Å². The van der Waals surface area contributed by atoms with Crippen molar-refractivity contribution in [1.29, 1.82) is 0 Å². The highest BCUT2D eigenvalue weighted by molar-refractivity contribution is 7.92. The molecule has 3 aromatic rings. The number of aliphatic hydroxyl groups excluding tert-OH is 1. The summed E-state index contributed by atoms with van der Waals surface area (Å²) in [5.74, 6) is -0.486. The summed E-state index contributed by atoms with van der Waals surface area (Å²) < 4.78 is 26.7. The zero-order valence-corrected chi connectivity index (χ0v) is 25.7. The van der Waals surface area contributed by atoms with Gasteiger partial charge in [-0.3, -0.25) is 9.59 Å². The third-order valence-electron chi connectivity index (χ3n) is 7.84. The van der Waals surface area contributed by atoms with Crippen LogP contribution in [0.2, 0.25) is 0 Å². The lowest BCUT2D eigenvalue weighted by atomic mass is 9.95. The Bertz CT molecular complexity index is 1450. The highest BCUT2D eigenvalue weighted by Crippen LogP contribution is 2.29. The van der Waals surface area contributed by atoms with Gasteiger partial charge in [0, 0.05) is 11.6 Å². The van der Waals surface area contributed by atoms with Crippen molar-refractivity contribution >= 4 is 33.2 Å². The van der Waals surface area contributed by atoms with Crippen LogP contribution in [0, 0.1) is 0 Å². The van der Waals surface area contributed by atoms with E-state index in [1.54, 1.807) is 53.8 Å². The Labute approximate surface area is 254 Å². The van der Waals surface area contributed by atoms with Gasteiger partial charge in [-0.05, 0) is 62.1 Å². The number of nitrogens with zero attached hydrogens (tertiary/aromatic N) is 1. The molecule has 10 heteroatoms. The van der Waals surface area contributed by atoms with Crippen LogP contribution in [0.5, 0.6) is 0 Å². The molecule has 1 aliphatic carbocycles. The number of sulfonamides is 1. The first-order valence-corrected chi connectivity index (χ1v) is 16.8. The Morgan fingerprint density at radius 1 is 0.930 bits per heavy atom. The van der Waals surface area contributed by atoms with E-state index in [4.69, 9.17) is 0 Å². The highest BCUT2D eigenvalue weighted by atomic mass is 32.2. The smallest absolute Gasteiger partial charge is 0.278 e. The number of rotatable bonds is 13. The molecule has 0 heterocycles. The molecule has 0 aromatic heterocycles. The summed E-state index contributed by atoms with van der Waals surface area (Å²) in [5.41, 5.74) is 1.98. The van der Waals surface area contributed by atoms with E-state index in [-0.39, 0.29) is 30.1 Å². The lowest BCUT2D eigenvalue weighted by molar-refractivity contribution is -0.679. The van der Waals surface area contributed by atoms with Crippen LogP contribution >= 0.6 is 0 Å². The average molecular weight is 608 g/mol. The Morgan fingerprint density at radius 2 is 1.56 bits per heavy atom. The molecule has 0 spiro atoms. The molecule has 1 saturated carbocycles. The highest BCUT2D eigenvalue weighted by Gasteiger charge is 2.28. The number of amides is 2. The minimum absolute atomic E-state index is 0.0478. The topological polar surface area (TPSA) is 132 Å². The van der Waals surface area contributed by atoms with Gasteiger partial charge in [0.15, 0.2) is 6.04 Å². The Kier molecular flexibility index (Phi) is 11.3. The van der Waals surface area contributed by atoms with E-state index < -0.39 is 28.1 Å². The predicted molar refractivity (Wildman–Crippen MR) is 169 cm³/mol. The third kappa shape index (κ3) is 9.38. The lowest BCUT2D eigenvalue weighted by Gasteiger charge is -2.26. The normalized spacial score (nSPS) is 16.1. The fourth-order valence-electron chi connectivity index (χ4n) is 5.47. The number of quaternary nitrogens is 1. The van der Waals surface area contributed by atoms with Crippen molar-refractivity contribution < 1.29 is 28.4 Å².